The molecule has 0 amide bonds. The molecule has 0 unspecified atom stereocenters. The molecule has 6 nitrogen and oxygen atoms in total. The van der Waals surface area contributed by atoms with Gasteiger partial charge in [0.05, 0.1) is 31.1 Å². The number of aromatic nitrogens is 2. The molecular formula is C18H31N3O3. The lowest BCUT2D eigenvalue weighted by atomic mass is 10.0. The van der Waals surface area contributed by atoms with E-state index in [1.165, 1.54) is 17.7 Å². The molecule has 0 spiro atoms. The SMILES string of the molecule is Cc1nn(C)c(C)c1[C@@H]1CCCN1C[C@H](O)COC[C@H]1CCCO1. The van der Waals surface area contributed by atoms with Crippen molar-refractivity contribution in [2.45, 2.75) is 57.8 Å². The normalized spacial score (nSPS) is 26.3. The largest absolute Gasteiger partial charge is 0.389 e. The van der Waals surface area contributed by atoms with Crippen LogP contribution >= 0.6 is 0 Å². The lowest BCUT2D eigenvalue weighted by Gasteiger charge is -2.27. The smallest absolute Gasteiger partial charge is 0.0900 e. The van der Waals surface area contributed by atoms with Crippen molar-refractivity contribution in [3.63, 3.8) is 0 Å². The van der Waals surface area contributed by atoms with Crippen LogP contribution in [-0.4, -0.2) is 64.9 Å². The van der Waals surface area contributed by atoms with Gasteiger partial charge in [-0.2, -0.15) is 5.10 Å². The summed E-state index contributed by atoms with van der Waals surface area (Å²) in [5.41, 5.74) is 3.67. The van der Waals surface area contributed by atoms with E-state index in [4.69, 9.17) is 9.47 Å². The van der Waals surface area contributed by atoms with Crippen LogP contribution in [0.4, 0.5) is 0 Å². The molecule has 0 saturated carbocycles. The first-order valence-electron chi connectivity index (χ1n) is 9.17. The van der Waals surface area contributed by atoms with E-state index in [-0.39, 0.29) is 6.10 Å². The Morgan fingerprint density at radius 1 is 1.33 bits per heavy atom. The number of aryl methyl sites for hydroxylation is 2. The summed E-state index contributed by atoms with van der Waals surface area (Å²) in [7, 11) is 2.00. The van der Waals surface area contributed by atoms with Crippen molar-refractivity contribution in [3.8, 4) is 0 Å². The number of ether oxygens (including phenoxy) is 2. The minimum absolute atomic E-state index is 0.220. The zero-order chi connectivity index (χ0) is 17.1. The molecular weight excluding hydrogens is 306 g/mol. The van der Waals surface area contributed by atoms with E-state index in [2.05, 4.69) is 23.8 Å². The average Bonchev–Trinajstić information content (AvgIpc) is 3.24. The Morgan fingerprint density at radius 3 is 2.83 bits per heavy atom. The van der Waals surface area contributed by atoms with Crippen LogP contribution in [0.15, 0.2) is 0 Å². The number of rotatable bonds is 7. The van der Waals surface area contributed by atoms with Crippen LogP contribution in [0.25, 0.3) is 0 Å². The molecule has 2 saturated heterocycles. The molecule has 3 rings (SSSR count). The molecule has 1 N–H and O–H groups in total. The first-order chi connectivity index (χ1) is 11.6. The van der Waals surface area contributed by atoms with Crippen molar-refractivity contribution >= 4 is 0 Å². The van der Waals surface area contributed by atoms with Crippen molar-refractivity contribution in [1.29, 1.82) is 0 Å². The lowest BCUT2D eigenvalue weighted by molar-refractivity contribution is -0.0262. The highest BCUT2D eigenvalue weighted by Crippen LogP contribution is 2.35. The Kier molecular flexibility index (Phi) is 5.92. The van der Waals surface area contributed by atoms with Crippen LogP contribution in [0, 0.1) is 13.8 Å². The topological polar surface area (TPSA) is 59.8 Å². The molecule has 3 heterocycles. The summed E-state index contributed by atoms with van der Waals surface area (Å²) in [6.07, 6.45) is 4.26. The van der Waals surface area contributed by atoms with Gasteiger partial charge in [0.1, 0.15) is 0 Å². The van der Waals surface area contributed by atoms with Gasteiger partial charge in [0.2, 0.25) is 0 Å². The monoisotopic (exact) mass is 337 g/mol. The second kappa shape index (κ2) is 7.95. The van der Waals surface area contributed by atoms with Gasteiger partial charge in [-0.3, -0.25) is 9.58 Å². The van der Waals surface area contributed by atoms with Crippen LogP contribution in [-0.2, 0) is 16.5 Å². The van der Waals surface area contributed by atoms with Gasteiger partial charge in [-0.25, -0.2) is 0 Å². The number of hydrogen-bond acceptors (Lipinski definition) is 5. The average molecular weight is 337 g/mol. The molecule has 6 heteroatoms. The van der Waals surface area contributed by atoms with Gasteiger partial charge in [-0.15, -0.1) is 0 Å². The van der Waals surface area contributed by atoms with E-state index in [0.29, 0.717) is 25.8 Å². The van der Waals surface area contributed by atoms with Gasteiger partial charge < -0.3 is 14.6 Å². The van der Waals surface area contributed by atoms with Gasteiger partial charge in [0, 0.05) is 37.5 Å². The Balaban J connectivity index is 1.51. The minimum atomic E-state index is -0.454. The van der Waals surface area contributed by atoms with Crippen molar-refractivity contribution in [2.24, 2.45) is 7.05 Å². The molecule has 2 aliphatic rings. The van der Waals surface area contributed by atoms with Gasteiger partial charge in [-0.1, -0.05) is 0 Å². The third-order valence-electron chi connectivity index (χ3n) is 5.35. The Bertz CT molecular complexity index is 540. The van der Waals surface area contributed by atoms with E-state index in [0.717, 1.165) is 38.1 Å². The molecule has 24 heavy (non-hydrogen) atoms. The minimum Gasteiger partial charge on any atom is -0.389 e. The molecule has 1 aromatic rings. The first kappa shape index (κ1) is 17.9. The van der Waals surface area contributed by atoms with Gasteiger partial charge >= 0.3 is 0 Å². The van der Waals surface area contributed by atoms with Crippen molar-refractivity contribution in [1.82, 2.24) is 14.7 Å². The molecule has 3 atom stereocenters. The zero-order valence-electron chi connectivity index (χ0n) is 15.2. The van der Waals surface area contributed by atoms with E-state index >= 15 is 0 Å². The summed E-state index contributed by atoms with van der Waals surface area (Å²) >= 11 is 0. The van der Waals surface area contributed by atoms with E-state index in [1.54, 1.807) is 0 Å². The predicted octanol–water partition coefficient (Wildman–Crippen LogP) is 1.73. The maximum Gasteiger partial charge on any atom is 0.0900 e. The van der Waals surface area contributed by atoms with Crippen LogP contribution in [0.1, 0.15) is 48.7 Å². The Morgan fingerprint density at radius 2 is 2.17 bits per heavy atom. The standard InChI is InChI=1S/C18H31N3O3/c1-13-18(14(2)20(3)19-13)17-7-4-8-21(17)10-15(22)11-23-12-16-6-5-9-24-16/h15-17,22H,4-12H2,1-3H3/t15-,16+,17-/m0/s1. The summed E-state index contributed by atoms with van der Waals surface area (Å²) in [6, 6.07) is 0.367. The number of hydrogen-bond donors (Lipinski definition) is 1. The van der Waals surface area contributed by atoms with Crippen LogP contribution in [0.2, 0.25) is 0 Å². The molecule has 136 valence electrons. The fraction of sp³-hybridized carbons (Fsp3) is 0.833. The van der Waals surface area contributed by atoms with Crippen LogP contribution < -0.4 is 0 Å². The lowest BCUT2D eigenvalue weighted by Crippen LogP contribution is -2.35. The van der Waals surface area contributed by atoms with E-state index in [9.17, 15) is 5.11 Å². The molecule has 0 aromatic carbocycles. The Hall–Kier alpha value is -0.950. The molecule has 2 fully saturated rings. The number of nitrogens with zero attached hydrogens (tertiary/aromatic N) is 3. The summed E-state index contributed by atoms with van der Waals surface area (Å²) in [4.78, 5) is 2.39. The van der Waals surface area contributed by atoms with Crippen molar-refractivity contribution < 1.29 is 14.6 Å². The van der Waals surface area contributed by atoms with E-state index in [1.807, 2.05) is 11.7 Å². The number of β-amino-alcohol motifs (C(OH)–C–C–N with tert-alkyl or cyclic N) is 1. The van der Waals surface area contributed by atoms with Gasteiger partial charge in [0.15, 0.2) is 0 Å². The molecule has 0 radical (unpaired) electrons. The summed E-state index contributed by atoms with van der Waals surface area (Å²) in [5, 5.41) is 14.9. The second-order valence-corrected chi connectivity index (χ2v) is 7.19. The van der Waals surface area contributed by atoms with E-state index < -0.39 is 6.10 Å². The fourth-order valence-corrected chi connectivity index (χ4v) is 4.08. The second-order valence-electron chi connectivity index (χ2n) is 7.19. The number of likely N-dealkylation sites (tertiary alicyclic amines) is 1. The Labute approximate surface area is 144 Å². The summed E-state index contributed by atoms with van der Waals surface area (Å²) in [6.45, 7) is 7.73. The van der Waals surface area contributed by atoms with Gasteiger partial charge in [-0.05, 0) is 46.1 Å². The maximum atomic E-state index is 10.4. The summed E-state index contributed by atoms with van der Waals surface area (Å²) < 4.78 is 13.2. The van der Waals surface area contributed by atoms with Crippen LogP contribution in [0.3, 0.4) is 0 Å². The van der Waals surface area contributed by atoms with Crippen molar-refractivity contribution in [3.05, 3.63) is 17.0 Å². The van der Waals surface area contributed by atoms with Crippen molar-refractivity contribution in [2.75, 3.05) is 32.9 Å². The first-order valence-corrected chi connectivity index (χ1v) is 9.17. The van der Waals surface area contributed by atoms with Gasteiger partial charge in [0.25, 0.3) is 0 Å². The predicted molar refractivity (Wildman–Crippen MR) is 92.0 cm³/mol. The van der Waals surface area contributed by atoms with Crippen LogP contribution in [0.5, 0.6) is 0 Å². The highest BCUT2D eigenvalue weighted by atomic mass is 16.5. The summed E-state index contributed by atoms with van der Waals surface area (Å²) in [5.74, 6) is 0. The maximum absolute atomic E-state index is 10.4. The molecule has 1 aromatic heterocycles. The third-order valence-corrected chi connectivity index (χ3v) is 5.35. The molecule has 2 aliphatic heterocycles. The fourth-order valence-electron chi connectivity index (χ4n) is 4.08. The number of aliphatic hydroxyl groups excluding tert-OH is 1. The molecule has 0 bridgehead atoms. The quantitative estimate of drug-likeness (QED) is 0.821. The molecule has 0 aliphatic carbocycles. The third kappa shape index (κ3) is 3.99. The number of aliphatic hydroxyl groups is 1. The zero-order valence-corrected chi connectivity index (χ0v) is 15.2. The highest BCUT2D eigenvalue weighted by molar-refractivity contribution is 5.29. The highest BCUT2D eigenvalue weighted by Gasteiger charge is 2.31.